The summed E-state index contributed by atoms with van der Waals surface area (Å²) in [6.45, 7) is 29.7. The van der Waals surface area contributed by atoms with E-state index in [1.165, 1.54) is 105 Å². The van der Waals surface area contributed by atoms with E-state index in [1.807, 2.05) is 52.8 Å². The molecular formula is C66H84. The molecule has 0 fully saturated rings. The van der Waals surface area contributed by atoms with Gasteiger partial charge in [-0.05, 0) is 113 Å². The number of allylic oxidation sites excluding steroid dienone is 7. The van der Waals surface area contributed by atoms with Crippen molar-refractivity contribution in [3.8, 4) is 22.3 Å². The van der Waals surface area contributed by atoms with Crippen molar-refractivity contribution in [2.75, 3.05) is 0 Å². The van der Waals surface area contributed by atoms with Gasteiger partial charge >= 0.3 is 0 Å². The Morgan fingerprint density at radius 3 is 1.73 bits per heavy atom. The summed E-state index contributed by atoms with van der Waals surface area (Å²) in [6, 6.07) is 56.6. The first kappa shape index (κ1) is 54.6. The molecule has 0 N–H and O–H groups in total. The van der Waals surface area contributed by atoms with Gasteiger partial charge in [-0.25, -0.2) is 0 Å². The van der Waals surface area contributed by atoms with Crippen LogP contribution < -0.4 is 0 Å². The summed E-state index contributed by atoms with van der Waals surface area (Å²) >= 11 is 0. The van der Waals surface area contributed by atoms with Gasteiger partial charge in [0.25, 0.3) is 0 Å². The summed E-state index contributed by atoms with van der Waals surface area (Å²) in [6.07, 6.45) is 17.6. The minimum Gasteiger partial charge on any atom is -0.0955 e. The molecule has 0 radical (unpaired) electrons. The van der Waals surface area contributed by atoms with Crippen molar-refractivity contribution in [3.05, 3.63) is 228 Å². The molecule has 2 atom stereocenters. The number of hydrogen-bond donors (Lipinski definition) is 0. The summed E-state index contributed by atoms with van der Waals surface area (Å²) in [5, 5.41) is 0. The molecule has 0 nitrogen and oxygen atoms in total. The van der Waals surface area contributed by atoms with E-state index in [4.69, 9.17) is 0 Å². The lowest BCUT2D eigenvalue weighted by Gasteiger charge is -2.22. The van der Waals surface area contributed by atoms with Crippen LogP contribution in [0.4, 0.5) is 0 Å². The van der Waals surface area contributed by atoms with Gasteiger partial charge in [0, 0.05) is 11.3 Å². The highest BCUT2D eigenvalue weighted by atomic mass is 14.4. The standard InChI is InChI=1S/C30H34.C15H16.C9H10.C8H12.2C2H6/c1-5-12-23(22-14-8-7-9-15-22)20-24(13-6-2)25-18-19-27-26-16-10-11-17-28(26)30(3,4)29(27)21-25;1-2-6-13-9-11-15(12-10-13)14-7-4-3-5-8-14;1-8(2)9-6-4-3-5-7-9;1-7-3-5-8(2)6-4-7;2*1-2/h7-11,14-21,23H,5-6,12-13H2,1-4H3;3-5,7-12H,2,6H2,1H3;3-7H,1H2,2H3;3-5,8H,6H2,1-2H3;2*1-2H3/b24-20+;;;;;. The summed E-state index contributed by atoms with van der Waals surface area (Å²) in [5.41, 5.74) is 17.9. The molecule has 66 heavy (non-hydrogen) atoms. The molecule has 0 saturated heterocycles. The van der Waals surface area contributed by atoms with Gasteiger partial charge in [-0.2, -0.15) is 0 Å². The highest BCUT2D eigenvalue weighted by Gasteiger charge is 2.35. The predicted molar refractivity (Wildman–Crippen MR) is 297 cm³/mol. The van der Waals surface area contributed by atoms with Crippen LogP contribution in [0.1, 0.15) is 161 Å². The number of benzene rings is 6. The van der Waals surface area contributed by atoms with E-state index in [0.29, 0.717) is 5.92 Å². The van der Waals surface area contributed by atoms with E-state index >= 15 is 0 Å². The molecule has 2 aliphatic carbocycles. The zero-order valence-electron chi connectivity index (χ0n) is 43.1. The van der Waals surface area contributed by atoms with Gasteiger partial charge in [0.05, 0.1) is 0 Å². The van der Waals surface area contributed by atoms with E-state index in [-0.39, 0.29) is 5.41 Å². The lowest BCUT2D eigenvalue weighted by molar-refractivity contribution is 0.660. The van der Waals surface area contributed by atoms with Crippen molar-refractivity contribution in [1.82, 2.24) is 0 Å². The van der Waals surface area contributed by atoms with Crippen molar-refractivity contribution in [3.63, 3.8) is 0 Å². The fraction of sp³-hybridized carbons (Fsp3) is 0.333. The fourth-order valence-electron chi connectivity index (χ4n) is 8.44. The molecule has 8 rings (SSSR count). The Kier molecular flexibility index (Phi) is 24.6. The minimum absolute atomic E-state index is 0.0571. The average molecular weight is 877 g/mol. The molecule has 0 amide bonds. The first-order valence-corrected chi connectivity index (χ1v) is 25.3. The molecule has 0 saturated carbocycles. The average Bonchev–Trinajstić information content (AvgIpc) is 3.60. The van der Waals surface area contributed by atoms with Crippen LogP contribution in [0.3, 0.4) is 0 Å². The summed E-state index contributed by atoms with van der Waals surface area (Å²) in [5.74, 6) is 1.25. The SMILES string of the molecule is C=C(C)c1ccccc1.CC.CC.CC1=CCC(C)C=C1.CCC/C(=C\C(CCC)c1ccccc1)c1ccc2c(c1)C(C)(C)c1ccccc1-2.CCCc1ccc(-c2ccccc2)cc1. The van der Waals surface area contributed by atoms with Crippen molar-refractivity contribution < 1.29 is 0 Å². The first-order chi connectivity index (χ1) is 32.0. The van der Waals surface area contributed by atoms with Crippen LogP contribution in [0.5, 0.6) is 0 Å². The number of aryl methyl sites for hydroxylation is 1. The Morgan fingerprint density at radius 1 is 0.636 bits per heavy atom. The fourth-order valence-corrected chi connectivity index (χ4v) is 8.44. The summed E-state index contributed by atoms with van der Waals surface area (Å²) in [7, 11) is 0. The van der Waals surface area contributed by atoms with Crippen LogP contribution in [0.25, 0.3) is 33.4 Å². The summed E-state index contributed by atoms with van der Waals surface area (Å²) < 4.78 is 0. The second-order valence-corrected chi connectivity index (χ2v) is 17.7. The molecule has 6 aromatic rings. The van der Waals surface area contributed by atoms with Crippen LogP contribution in [-0.4, -0.2) is 0 Å². The lowest BCUT2D eigenvalue weighted by Crippen LogP contribution is -2.15. The zero-order chi connectivity index (χ0) is 48.3. The maximum atomic E-state index is 3.83. The molecular weight excluding hydrogens is 793 g/mol. The smallest absolute Gasteiger partial charge is 0.0159 e. The monoisotopic (exact) mass is 877 g/mol. The maximum absolute atomic E-state index is 3.83. The molecule has 2 aliphatic rings. The van der Waals surface area contributed by atoms with E-state index < -0.39 is 0 Å². The Balaban J connectivity index is 0.000000265. The molecule has 0 aliphatic heterocycles. The second-order valence-electron chi connectivity index (χ2n) is 17.7. The van der Waals surface area contributed by atoms with Crippen LogP contribution >= 0.6 is 0 Å². The van der Waals surface area contributed by atoms with Gasteiger partial charge in [-0.15, -0.1) is 0 Å². The molecule has 0 heterocycles. The first-order valence-electron chi connectivity index (χ1n) is 25.3. The van der Waals surface area contributed by atoms with Gasteiger partial charge in [0.2, 0.25) is 0 Å². The third-order valence-corrected chi connectivity index (χ3v) is 12.1. The third-order valence-electron chi connectivity index (χ3n) is 12.1. The van der Waals surface area contributed by atoms with E-state index in [2.05, 4.69) is 219 Å². The van der Waals surface area contributed by atoms with Gasteiger partial charge < -0.3 is 0 Å². The second kappa shape index (κ2) is 29.7. The Labute approximate surface area is 404 Å². The highest BCUT2D eigenvalue weighted by Crippen LogP contribution is 2.49. The third kappa shape index (κ3) is 16.6. The molecule has 2 unspecified atom stereocenters. The lowest BCUT2D eigenvalue weighted by atomic mass is 9.81. The predicted octanol–water partition coefficient (Wildman–Crippen LogP) is 20.4. The van der Waals surface area contributed by atoms with Crippen LogP contribution in [0, 0.1) is 5.92 Å². The normalized spacial score (nSPS) is 14.2. The molecule has 0 heteroatoms. The van der Waals surface area contributed by atoms with Gasteiger partial charge in [0.15, 0.2) is 0 Å². The number of fused-ring (bicyclic) bond motifs is 3. The highest BCUT2D eigenvalue weighted by molar-refractivity contribution is 5.83. The zero-order valence-corrected chi connectivity index (χ0v) is 43.1. The van der Waals surface area contributed by atoms with Crippen LogP contribution in [0.2, 0.25) is 0 Å². The van der Waals surface area contributed by atoms with Gasteiger partial charge in [0.1, 0.15) is 0 Å². The molecule has 0 aromatic heterocycles. The van der Waals surface area contributed by atoms with Gasteiger partial charge in [-0.3, -0.25) is 0 Å². The minimum atomic E-state index is 0.0571. The quantitative estimate of drug-likeness (QED) is 0.122. The van der Waals surface area contributed by atoms with Crippen molar-refractivity contribution in [2.24, 2.45) is 5.92 Å². The molecule has 0 bridgehead atoms. The molecule has 0 spiro atoms. The maximum Gasteiger partial charge on any atom is 0.0159 e. The van der Waals surface area contributed by atoms with Crippen molar-refractivity contribution in [1.29, 1.82) is 0 Å². The van der Waals surface area contributed by atoms with Crippen LogP contribution in [0.15, 0.2) is 194 Å². The summed E-state index contributed by atoms with van der Waals surface area (Å²) in [4.78, 5) is 0. The molecule has 348 valence electrons. The largest absolute Gasteiger partial charge is 0.0955 e. The Morgan fingerprint density at radius 2 is 1.20 bits per heavy atom. The topological polar surface area (TPSA) is 0 Å². The van der Waals surface area contributed by atoms with E-state index in [0.717, 1.165) is 17.9 Å². The van der Waals surface area contributed by atoms with E-state index in [9.17, 15) is 0 Å². The number of hydrogen-bond acceptors (Lipinski definition) is 0. The molecule has 6 aromatic carbocycles. The van der Waals surface area contributed by atoms with Crippen molar-refractivity contribution in [2.45, 2.75) is 139 Å². The number of rotatable bonds is 11. The van der Waals surface area contributed by atoms with Crippen molar-refractivity contribution >= 4 is 11.1 Å². The van der Waals surface area contributed by atoms with Gasteiger partial charge in [-0.1, -0.05) is 282 Å². The van der Waals surface area contributed by atoms with Crippen LogP contribution in [-0.2, 0) is 11.8 Å². The Hall–Kier alpha value is -5.72. The Bertz CT molecular complexity index is 2350. The van der Waals surface area contributed by atoms with E-state index in [1.54, 1.807) is 0 Å².